The molecule has 0 heterocycles. The first-order valence-corrected chi connectivity index (χ1v) is 7.44. The minimum Gasteiger partial charge on any atom is -0.494 e. The summed E-state index contributed by atoms with van der Waals surface area (Å²) in [5.74, 6) is 1.44. The van der Waals surface area contributed by atoms with Gasteiger partial charge in [-0.15, -0.1) is 0 Å². The number of carbonyl (C=O) groups is 1. The van der Waals surface area contributed by atoms with Gasteiger partial charge in [-0.2, -0.15) is 0 Å². The van der Waals surface area contributed by atoms with E-state index in [1.165, 1.54) is 6.42 Å². The van der Waals surface area contributed by atoms with E-state index in [0.717, 1.165) is 25.0 Å². The van der Waals surface area contributed by atoms with Crippen LogP contribution in [0.5, 0.6) is 5.75 Å². The molecule has 2 unspecified atom stereocenters. The molecule has 1 saturated carbocycles. The summed E-state index contributed by atoms with van der Waals surface area (Å²) in [5, 5.41) is 0. The zero-order valence-electron chi connectivity index (χ0n) is 12.6. The van der Waals surface area contributed by atoms with Crippen LogP contribution in [0.2, 0.25) is 0 Å². The highest BCUT2D eigenvalue weighted by Gasteiger charge is 2.42. The number of hydrogen-bond donors (Lipinski definition) is 0. The highest BCUT2D eigenvalue weighted by Crippen LogP contribution is 2.37. The molecule has 110 valence electrons. The van der Waals surface area contributed by atoms with Crippen molar-refractivity contribution in [2.24, 2.45) is 5.92 Å². The minimum absolute atomic E-state index is 0.106. The summed E-state index contributed by atoms with van der Waals surface area (Å²) in [6, 6.07) is 7.39. The van der Waals surface area contributed by atoms with Crippen LogP contribution in [0.15, 0.2) is 24.3 Å². The number of benzene rings is 1. The largest absolute Gasteiger partial charge is 0.494 e. The van der Waals surface area contributed by atoms with Crippen LogP contribution >= 0.6 is 0 Å². The SMILES string of the molecule is CCOc1ccc(C(=O)C2(OC)CCCC(C)C2)cc1. The molecule has 0 saturated heterocycles. The van der Waals surface area contributed by atoms with Gasteiger partial charge in [-0.05, 0) is 56.4 Å². The average Bonchev–Trinajstić information content (AvgIpc) is 2.47. The van der Waals surface area contributed by atoms with Crippen molar-refractivity contribution in [3.8, 4) is 5.75 Å². The van der Waals surface area contributed by atoms with Crippen molar-refractivity contribution in [1.82, 2.24) is 0 Å². The summed E-state index contributed by atoms with van der Waals surface area (Å²) in [7, 11) is 1.66. The van der Waals surface area contributed by atoms with Crippen molar-refractivity contribution in [1.29, 1.82) is 0 Å². The van der Waals surface area contributed by atoms with Crippen molar-refractivity contribution in [3.05, 3.63) is 29.8 Å². The molecular weight excluding hydrogens is 252 g/mol. The lowest BCUT2D eigenvalue weighted by molar-refractivity contribution is -0.0302. The van der Waals surface area contributed by atoms with Crippen molar-refractivity contribution >= 4 is 5.78 Å². The van der Waals surface area contributed by atoms with Gasteiger partial charge < -0.3 is 9.47 Å². The van der Waals surface area contributed by atoms with Crippen molar-refractivity contribution < 1.29 is 14.3 Å². The highest BCUT2D eigenvalue weighted by atomic mass is 16.5. The number of ketones is 1. The Morgan fingerprint density at radius 3 is 2.60 bits per heavy atom. The molecule has 20 heavy (non-hydrogen) atoms. The van der Waals surface area contributed by atoms with Gasteiger partial charge in [-0.1, -0.05) is 13.3 Å². The number of Topliss-reactive ketones (excluding diaryl/α,β-unsaturated/α-hetero) is 1. The Morgan fingerprint density at radius 2 is 2.05 bits per heavy atom. The Bertz CT molecular complexity index is 452. The third kappa shape index (κ3) is 3.04. The fraction of sp³-hybridized carbons (Fsp3) is 0.588. The molecule has 0 bridgehead atoms. The lowest BCUT2D eigenvalue weighted by Crippen LogP contribution is -2.44. The fourth-order valence-electron chi connectivity index (χ4n) is 3.12. The molecule has 0 amide bonds. The summed E-state index contributed by atoms with van der Waals surface area (Å²) >= 11 is 0. The van der Waals surface area contributed by atoms with Crippen LogP contribution in [0.1, 0.15) is 49.9 Å². The number of hydrogen-bond acceptors (Lipinski definition) is 3. The van der Waals surface area contributed by atoms with Crippen molar-refractivity contribution in [2.45, 2.75) is 45.1 Å². The second-order valence-electron chi connectivity index (χ2n) is 5.69. The van der Waals surface area contributed by atoms with Crippen LogP contribution in [-0.2, 0) is 4.74 Å². The molecule has 2 rings (SSSR count). The number of methoxy groups -OCH3 is 1. The number of ether oxygens (including phenoxy) is 2. The molecule has 3 nitrogen and oxygen atoms in total. The van der Waals surface area contributed by atoms with E-state index in [9.17, 15) is 4.79 Å². The Morgan fingerprint density at radius 1 is 1.35 bits per heavy atom. The maximum atomic E-state index is 12.8. The standard InChI is InChI=1S/C17H24O3/c1-4-20-15-9-7-14(8-10-15)16(18)17(19-3)11-5-6-13(2)12-17/h7-10,13H,4-6,11-12H2,1-3H3. The van der Waals surface area contributed by atoms with Crippen LogP contribution < -0.4 is 4.74 Å². The van der Waals surface area contributed by atoms with Gasteiger partial charge in [0.2, 0.25) is 0 Å². The molecule has 0 aromatic heterocycles. The fourth-order valence-corrected chi connectivity index (χ4v) is 3.12. The average molecular weight is 276 g/mol. The molecule has 3 heteroatoms. The van der Waals surface area contributed by atoms with Gasteiger partial charge in [0.1, 0.15) is 11.4 Å². The van der Waals surface area contributed by atoms with Gasteiger partial charge in [-0.25, -0.2) is 0 Å². The topological polar surface area (TPSA) is 35.5 Å². The molecule has 1 aromatic rings. The van der Waals surface area contributed by atoms with Gasteiger partial charge in [0, 0.05) is 12.7 Å². The molecule has 2 atom stereocenters. The minimum atomic E-state index is -0.634. The van der Waals surface area contributed by atoms with Crippen molar-refractivity contribution in [3.63, 3.8) is 0 Å². The third-order valence-electron chi connectivity index (χ3n) is 4.19. The Balaban J connectivity index is 2.19. The lowest BCUT2D eigenvalue weighted by atomic mass is 9.75. The Kier molecular flexibility index (Phi) is 4.81. The third-order valence-corrected chi connectivity index (χ3v) is 4.19. The molecule has 1 aliphatic carbocycles. The van der Waals surface area contributed by atoms with Crippen LogP contribution in [0, 0.1) is 5.92 Å². The van der Waals surface area contributed by atoms with Gasteiger partial charge >= 0.3 is 0 Å². The first-order chi connectivity index (χ1) is 9.61. The first kappa shape index (κ1) is 15.0. The van der Waals surface area contributed by atoms with Gasteiger partial charge in [0.25, 0.3) is 0 Å². The molecule has 1 aliphatic rings. The van der Waals surface area contributed by atoms with E-state index in [2.05, 4.69) is 6.92 Å². The van der Waals surface area contributed by atoms with Crippen LogP contribution in [0.25, 0.3) is 0 Å². The normalized spacial score (nSPS) is 26.2. The summed E-state index contributed by atoms with van der Waals surface area (Å²) in [6.45, 7) is 4.77. The summed E-state index contributed by atoms with van der Waals surface area (Å²) in [6.07, 6.45) is 3.87. The zero-order valence-corrected chi connectivity index (χ0v) is 12.6. The molecule has 1 fully saturated rings. The first-order valence-electron chi connectivity index (χ1n) is 7.44. The molecule has 1 aromatic carbocycles. The van der Waals surface area contributed by atoms with Crippen LogP contribution in [-0.4, -0.2) is 25.1 Å². The van der Waals surface area contributed by atoms with E-state index < -0.39 is 5.60 Å². The second kappa shape index (κ2) is 6.40. The van der Waals surface area contributed by atoms with E-state index in [0.29, 0.717) is 18.1 Å². The summed E-state index contributed by atoms with van der Waals surface area (Å²) in [5.41, 5.74) is 0.0783. The van der Waals surface area contributed by atoms with Gasteiger partial charge in [0.15, 0.2) is 5.78 Å². The van der Waals surface area contributed by atoms with Crippen LogP contribution in [0.4, 0.5) is 0 Å². The smallest absolute Gasteiger partial charge is 0.194 e. The molecule has 0 spiro atoms. The van der Waals surface area contributed by atoms with Gasteiger partial charge in [0.05, 0.1) is 6.61 Å². The van der Waals surface area contributed by atoms with E-state index in [-0.39, 0.29) is 5.78 Å². The van der Waals surface area contributed by atoms with E-state index in [1.54, 1.807) is 7.11 Å². The summed E-state index contributed by atoms with van der Waals surface area (Å²) in [4.78, 5) is 12.8. The van der Waals surface area contributed by atoms with Gasteiger partial charge in [-0.3, -0.25) is 4.79 Å². The highest BCUT2D eigenvalue weighted by molar-refractivity contribution is 6.02. The number of carbonyl (C=O) groups excluding carboxylic acids is 1. The van der Waals surface area contributed by atoms with Crippen LogP contribution in [0.3, 0.4) is 0 Å². The van der Waals surface area contributed by atoms with E-state index in [1.807, 2.05) is 31.2 Å². The zero-order chi connectivity index (χ0) is 14.6. The van der Waals surface area contributed by atoms with Crippen molar-refractivity contribution in [2.75, 3.05) is 13.7 Å². The Hall–Kier alpha value is -1.35. The Labute approximate surface area is 121 Å². The second-order valence-corrected chi connectivity index (χ2v) is 5.69. The maximum Gasteiger partial charge on any atom is 0.194 e. The predicted octanol–water partition coefficient (Wildman–Crippen LogP) is 3.86. The predicted molar refractivity (Wildman–Crippen MR) is 79.3 cm³/mol. The quantitative estimate of drug-likeness (QED) is 0.766. The molecular formula is C17H24O3. The molecule has 0 aliphatic heterocycles. The van der Waals surface area contributed by atoms with E-state index >= 15 is 0 Å². The lowest BCUT2D eigenvalue weighted by Gasteiger charge is -2.37. The molecule has 0 radical (unpaired) electrons. The maximum absolute atomic E-state index is 12.8. The van der Waals surface area contributed by atoms with E-state index in [4.69, 9.17) is 9.47 Å². The molecule has 0 N–H and O–H groups in total. The summed E-state index contributed by atoms with van der Waals surface area (Å²) < 4.78 is 11.1. The monoisotopic (exact) mass is 276 g/mol. The number of rotatable bonds is 5.